The van der Waals surface area contributed by atoms with Gasteiger partial charge >= 0.3 is 24.9 Å². The molecule has 3 amide bonds. The molecule has 2 unspecified atom stereocenters. The number of phenols is 1. The Labute approximate surface area is 228 Å². The van der Waals surface area contributed by atoms with Gasteiger partial charge in [0.2, 0.25) is 5.91 Å². The highest BCUT2D eigenvalue weighted by molar-refractivity contribution is 6.47. The summed E-state index contributed by atoms with van der Waals surface area (Å²) in [5.41, 5.74) is 0.421. The number of nitrogens with one attached hydrogen (secondary N) is 2. The van der Waals surface area contributed by atoms with Gasteiger partial charge in [-0.25, -0.2) is 4.79 Å². The van der Waals surface area contributed by atoms with Gasteiger partial charge < -0.3 is 35.2 Å². The first-order chi connectivity index (χ1) is 18.5. The molecule has 2 aliphatic rings. The summed E-state index contributed by atoms with van der Waals surface area (Å²) in [5.74, 6) is -5.00. The molecule has 1 saturated heterocycles. The fourth-order valence-electron chi connectivity index (χ4n) is 4.50. The number of aromatic carboxylic acids is 1. The molecule has 2 heterocycles. The molecule has 206 valence electrons. The van der Waals surface area contributed by atoms with E-state index in [4.69, 9.17) is 16.3 Å². The Morgan fingerprint density at radius 2 is 1.95 bits per heavy atom. The number of piperazine rings is 1. The van der Waals surface area contributed by atoms with Gasteiger partial charge in [-0.2, -0.15) is 0 Å². The summed E-state index contributed by atoms with van der Waals surface area (Å²) in [7, 11) is -1.61. The maximum Gasteiger partial charge on any atom is 0.547 e. The molecule has 0 saturated carbocycles. The first-order valence-corrected chi connectivity index (χ1v) is 12.4. The van der Waals surface area contributed by atoms with E-state index in [1.54, 1.807) is 13.0 Å². The van der Waals surface area contributed by atoms with Gasteiger partial charge in [0.25, 0.3) is 0 Å². The number of phenolic OH excluding ortho intramolecular Hbond substituents is 1. The number of carbonyl (C=O) groups excluding carboxylic acids is 3. The Morgan fingerprint density at radius 1 is 1.21 bits per heavy atom. The predicted octanol–water partition coefficient (Wildman–Crippen LogP) is -0.519. The topological polar surface area (TPSA) is 189 Å². The van der Waals surface area contributed by atoms with Crippen LogP contribution in [0.4, 0.5) is 0 Å². The molecule has 13 nitrogen and oxygen atoms in total. The van der Waals surface area contributed by atoms with Crippen molar-refractivity contribution in [1.82, 2.24) is 20.4 Å². The van der Waals surface area contributed by atoms with Crippen molar-refractivity contribution >= 4 is 42.4 Å². The van der Waals surface area contributed by atoms with Gasteiger partial charge in [-0.1, -0.05) is 29.8 Å². The SMILES string of the molecule is CCN1CCN(C(O)NC(C(=O)N[C@H]2Cc3cccc(C(=O)O)c3OB2O)c2ccc(O)cc2Cl)C(=O)C1=O. The van der Waals surface area contributed by atoms with Crippen LogP contribution in [-0.2, 0) is 20.8 Å². The van der Waals surface area contributed by atoms with E-state index in [1.807, 2.05) is 0 Å². The zero-order valence-electron chi connectivity index (χ0n) is 20.7. The van der Waals surface area contributed by atoms with Crippen LogP contribution in [0.15, 0.2) is 36.4 Å². The van der Waals surface area contributed by atoms with E-state index < -0.39 is 49.1 Å². The van der Waals surface area contributed by atoms with E-state index in [2.05, 4.69) is 10.6 Å². The normalized spacial score (nSPS) is 18.8. The van der Waals surface area contributed by atoms with Crippen molar-refractivity contribution in [2.45, 2.75) is 31.7 Å². The summed E-state index contributed by atoms with van der Waals surface area (Å²) >= 11 is 6.28. The van der Waals surface area contributed by atoms with Crippen LogP contribution in [0.1, 0.15) is 34.5 Å². The molecule has 0 radical (unpaired) electrons. The van der Waals surface area contributed by atoms with Gasteiger partial charge in [0.05, 0.1) is 11.5 Å². The lowest BCUT2D eigenvalue weighted by Gasteiger charge is -2.37. The largest absolute Gasteiger partial charge is 0.547 e. The van der Waals surface area contributed by atoms with Crippen LogP contribution >= 0.6 is 11.6 Å². The van der Waals surface area contributed by atoms with Crippen LogP contribution in [0.2, 0.25) is 5.02 Å². The third-order valence-corrected chi connectivity index (χ3v) is 6.90. The lowest BCUT2D eigenvalue weighted by atomic mass is 9.72. The number of aromatic hydroxyl groups is 1. The van der Waals surface area contributed by atoms with Crippen molar-refractivity contribution in [2.75, 3.05) is 19.6 Å². The van der Waals surface area contributed by atoms with Crippen LogP contribution < -0.4 is 15.3 Å². The van der Waals surface area contributed by atoms with Crippen LogP contribution in [0.5, 0.6) is 11.5 Å². The summed E-state index contributed by atoms with van der Waals surface area (Å²) in [6.45, 7) is 2.22. The molecule has 3 atom stereocenters. The van der Waals surface area contributed by atoms with Crippen LogP contribution in [-0.4, -0.2) is 92.9 Å². The number of nitrogens with zero attached hydrogens (tertiary/aromatic N) is 2. The molecular formula is C24H26BClN4O9. The lowest BCUT2D eigenvalue weighted by molar-refractivity contribution is -0.166. The zero-order valence-corrected chi connectivity index (χ0v) is 21.5. The van der Waals surface area contributed by atoms with E-state index in [0.29, 0.717) is 12.1 Å². The number of carboxylic acids is 1. The maximum atomic E-state index is 13.5. The van der Waals surface area contributed by atoms with Crippen molar-refractivity contribution in [2.24, 2.45) is 0 Å². The van der Waals surface area contributed by atoms with Crippen LogP contribution in [0, 0.1) is 0 Å². The maximum absolute atomic E-state index is 13.5. The number of carboxylic acid groups (broad SMARTS) is 1. The smallest absolute Gasteiger partial charge is 0.534 e. The first-order valence-electron chi connectivity index (χ1n) is 12.0. The van der Waals surface area contributed by atoms with Crippen molar-refractivity contribution < 1.29 is 44.2 Å². The number of fused-ring (bicyclic) bond motifs is 1. The van der Waals surface area contributed by atoms with Crippen molar-refractivity contribution in [3.63, 3.8) is 0 Å². The van der Waals surface area contributed by atoms with Crippen LogP contribution in [0.3, 0.4) is 0 Å². The number of hydrogen-bond donors (Lipinski definition) is 6. The van der Waals surface area contributed by atoms with Gasteiger partial charge in [-0.05, 0) is 42.7 Å². The minimum atomic E-state index is -1.77. The van der Waals surface area contributed by atoms with Crippen molar-refractivity contribution in [3.05, 3.63) is 58.1 Å². The van der Waals surface area contributed by atoms with Crippen LogP contribution in [0.25, 0.3) is 0 Å². The summed E-state index contributed by atoms with van der Waals surface area (Å²) < 4.78 is 5.42. The van der Waals surface area contributed by atoms with Gasteiger partial charge in [0.15, 0.2) is 6.35 Å². The van der Waals surface area contributed by atoms with E-state index in [9.17, 15) is 39.5 Å². The molecule has 2 aliphatic heterocycles. The Morgan fingerprint density at radius 3 is 2.62 bits per heavy atom. The summed E-state index contributed by atoms with van der Waals surface area (Å²) in [5, 5.41) is 45.7. The van der Waals surface area contributed by atoms with E-state index >= 15 is 0 Å². The quantitative estimate of drug-likeness (QED) is 0.139. The fourth-order valence-corrected chi connectivity index (χ4v) is 4.79. The number of hydrogen-bond acceptors (Lipinski definition) is 9. The number of aliphatic hydroxyl groups excluding tert-OH is 1. The average molecular weight is 561 g/mol. The number of rotatable bonds is 8. The molecule has 1 fully saturated rings. The second-order valence-corrected chi connectivity index (χ2v) is 9.40. The summed E-state index contributed by atoms with van der Waals surface area (Å²) in [6.07, 6.45) is -1.75. The van der Waals surface area contributed by atoms with E-state index in [0.717, 1.165) is 4.90 Å². The molecule has 0 aromatic heterocycles. The highest BCUT2D eigenvalue weighted by Gasteiger charge is 2.41. The molecule has 2 aromatic carbocycles. The predicted molar refractivity (Wildman–Crippen MR) is 137 cm³/mol. The number of benzene rings is 2. The number of amides is 3. The number of halogens is 1. The molecule has 4 rings (SSSR count). The third-order valence-electron chi connectivity index (χ3n) is 6.57. The average Bonchev–Trinajstić information content (AvgIpc) is 2.89. The minimum Gasteiger partial charge on any atom is -0.534 e. The Hall–Kier alpha value is -3.85. The number of para-hydroxylation sites is 1. The van der Waals surface area contributed by atoms with Gasteiger partial charge in [-0.3, -0.25) is 24.6 Å². The second-order valence-electron chi connectivity index (χ2n) is 8.99. The molecule has 0 spiro atoms. The standard InChI is InChI=1S/C24H26BClN4O9/c1-2-29-8-9-30(22(34)21(29)33)24(37)28-18(14-7-6-13(31)11-16(14)26)20(32)27-17-10-12-4-3-5-15(23(35)36)19(12)39-25(17)38/h3-7,11,17-18,24,28,31,37-38H,2,8-10H2,1H3,(H,27,32)(H,35,36)/t17-,18?,24?/m0/s1. The number of aliphatic hydroxyl groups is 1. The van der Waals surface area contributed by atoms with Gasteiger partial charge in [0.1, 0.15) is 17.5 Å². The molecular weight excluding hydrogens is 535 g/mol. The lowest BCUT2D eigenvalue weighted by Crippen LogP contribution is -2.62. The zero-order chi connectivity index (χ0) is 28.4. The van der Waals surface area contributed by atoms with Gasteiger partial charge in [-0.15, -0.1) is 0 Å². The highest BCUT2D eigenvalue weighted by atomic mass is 35.5. The summed E-state index contributed by atoms with van der Waals surface area (Å²) in [6, 6.07) is 6.81. The number of likely N-dealkylation sites (N-methyl/N-ethyl adjacent to an activating group) is 1. The Balaban J connectivity index is 1.57. The molecule has 2 aromatic rings. The number of carbonyl (C=O) groups is 4. The molecule has 0 bridgehead atoms. The second kappa shape index (κ2) is 11.5. The fraction of sp³-hybridized carbons (Fsp3) is 0.333. The third kappa shape index (κ3) is 5.78. The van der Waals surface area contributed by atoms with Gasteiger partial charge in [0, 0.05) is 24.7 Å². The highest BCUT2D eigenvalue weighted by Crippen LogP contribution is 2.31. The Kier molecular flexibility index (Phi) is 8.30. The molecule has 39 heavy (non-hydrogen) atoms. The molecule has 15 heteroatoms. The first kappa shape index (κ1) is 28.2. The molecule has 6 N–H and O–H groups in total. The van der Waals surface area contributed by atoms with E-state index in [-0.39, 0.29) is 47.2 Å². The molecule has 0 aliphatic carbocycles. The van der Waals surface area contributed by atoms with Crippen molar-refractivity contribution in [3.8, 4) is 11.5 Å². The summed E-state index contributed by atoms with van der Waals surface area (Å²) in [4.78, 5) is 52.1. The minimum absolute atomic E-state index is 0.00209. The van der Waals surface area contributed by atoms with Crippen molar-refractivity contribution in [1.29, 1.82) is 0 Å². The monoisotopic (exact) mass is 560 g/mol. The van der Waals surface area contributed by atoms with E-state index in [1.165, 1.54) is 35.2 Å². The Bertz CT molecular complexity index is 1310.